The van der Waals surface area contributed by atoms with Crippen LogP contribution in [0.1, 0.15) is 72.3 Å². The number of carbonyl (C=O) groups excluding carboxylic acids is 3. The minimum atomic E-state index is -0.594. The van der Waals surface area contributed by atoms with Crippen LogP contribution in [0.2, 0.25) is 0 Å². The lowest BCUT2D eigenvalue weighted by Crippen LogP contribution is -2.25. The molecule has 300 valence electrons. The molecule has 0 bridgehead atoms. The number of nitrogens with zero attached hydrogens (tertiary/aromatic N) is 6. The zero-order chi connectivity index (χ0) is 40.9. The number of aromatic nitrogens is 8. The number of hydrogen-bond acceptors (Lipinski definition) is 12. The fraction of sp³-hybridized carbons (Fsp3) is 0.256. The van der Waals surface area contributed by atoms with Crippen molar-refractivity contribution < 1.29 is 28.6 Å². The Hall–Kier alpha value is -6.81. The van der Waals surface area contributed by atoms with E-state index in [2.05, 4.69) is 42.8 Å². The standard InChI is InChI=1S/C43H41N9O6S/c1-4-8-37-46-38(39(42(54)56-5-2)52(37)23-27-11-15-28(16-12-27)31-9-6-7-10-32(31)40-48-50-51-49-40)25(3)58-30-19-20-33-34(22-30)45-36(44-33)24-57-29-17-13-26(14-18-29)21-35-41(53)47-43(55)59-35/h6-7,9-20,22,25,35H,4-5,8,21,23-24H2,1-3H3,(H,44,45)(H,47,53,55)(H,48,49,50,51). The second-order valence-electron chi connectivity index (χ2n) is 13.9. The Balaban J connectivity index is 0.975. The second-order valence-corrected chi connectivity index (χ2v) is 15.1. The third-order valence-electron chi connectivity index (χ3n) is 9.82. The maximum Gasteiger partial charge on any atom is 0.357 e. The van der Waals surface area contributed by atoms with Crippen molar-refractivity contribution in [3.63, 3.8) is 0 Å². The van der Waals surface area contributed by atoms with Gasteiger partial charge in [-0.15, -0.1) is 10.2 Å². The van der Waals surface area contributed by atoms with E-state index in [1.165, 1.54) is 0 Å². The third kappa shape index (κ3) is 8.72. The molecule has 4 heterocycles. The summed E-state index contributed by atoms with van der Waals surface area (Å²) in [5, 5.41) is 16.2. The number of aryl methyl sites for hydroxylation is 1. The number of thioether (sulfide) groups is 1. The van der Waals surface area contributed by atoms with Crippen molar-refractivity contribution in [2.45, 2.75) is 64.5 Å². The van der Waals surface area contributed by atoms with E-state index in [1.54, 1.807) is 6.92 Å². The second kappa shape index (κ2) is 17.4. The summed E-state index contributed by atoms with van der Waals surface area (Å²) >= 11 is 1.01. The van der Waals surface area contributed by atoms with Crippen LogP contribution in [0.15, 0.2) is 91.0 Å². The predicted molar refractivity (Wildman–Crippen MR) is 221 cm³/mol. The van der Waals surface area contributed by atoms with Crippen molar-refractivity contribution in [2.24, 2.45) is 0 Å². The maximum atomic E-state index is 13.7. The van der Waals surface area contributed by atoms with Gasteiger partial charge in [0.2, 0.25) is 11.7 Å². The highest BCUT2D eigenvalue weighted by atomic mass is 32.2. The summed E-state index contributed by atoms with van der Waals surface area (Å²) in [4.78, 5) is 50.1. The molecule has 0 spiro atoms. The van der Waals surface area contributed by atoms with E-state index < -0.39 is 17.3 Å². The van der Waals surface area contributed by atoms with Gasteiger partial charge >= 0.3 is 5.97 Å². The summed E-state index contributed by atoms with van der Waals surface area (Å²) in [5.74, 6) is 2.41. The molecule has 0 saturated carbocycles. The molecule has 7 aromatic rings. The Morgan fingerprint density at radius 2 is 1.68 bits per heavy atom. The minimum Gasteiger partial charge on any atom is -0.486 e. The molecule has 1 fully saturated rings. The van der Waals surface area contributed by atoms with Gasteiger partial charge in [0.05, 0.1) is 22.9 Å². The van der Waals surface area contributed by atoms with Gasteiger partial charge in [-0.2, -0.15) is 5.21 Å². The first-order chi connectivity index (χ1) is 28.8. The number of tetrazole rings is 1. The summed E-state index contributed by atoms with van der Waals surface area (Å²) in [6.45, 7) is 6.57. The van der Waals surface area contributed by atoms with Crippen molar-refractivity contribution in [1.82, 2.24) is 45.5 Å². The van der Waals surface area contributed by atoms with E-state index >= 15 is 0 Å². The molecule has 2 atom stereocenters. The first-order valence-corrected chi connectivity index (χ1v) is 20.2. The average molecular weight is 812 g/mol. The molecule has 1 saturated heterocycles. The monoisotopic (exact) mass is 811 g/mol. The number of carbonyl (C=O) groups is 3. The van der Waals surface area contributed by atoms with Crippen LogP contribution in [0.3, 0.4) is 0 Å². The summed E-state index contributed by atoms with van der Waals surface area (Å²) in [6.07, 6.45) is 1.35. The number of hydrogen-bond donors (Lipinski definition) is 3. The molecule has 1 aliphatic rings. The molecule has 15 nitrogen and oxygen atoms in total. The van der Waals surface area contributed by atoms with Crippen LogP contribution in [-0.2, 0) is 35.5 Å². The lowest BCUT2D eigenvalue weighted by atomic mass is 9.98. The van der Waals surface area contributed by atoms with Crippen LogP contribution < -0.4 is 14.8 Å². The fourth-order valence-corrected chi connectivity index (χ4v) is 7.90. The first kappa shape index (κ1) is 39.0. The van der Waals surface area contributed by atoms with Gasteiger partial charge in [0, 0.05) is 24.6 Å². The number of imide groups is 1. The van der Waals surface area contributed by atoms with E-state index in [9.17, 15) is 14.4 Å². The normalized spacial score (nSPS) is 14.4. The molecule has 1 aliphatic heterocycles. The molecule has 59 heavy (non-hydrogen) atoms. The highest BCUT2D eigenvalue weighted by molar-refractivity contribution is 8.15. The third-order valence-corrected chi connectivity index (χ3v) is 10.8. The largest absolute Gasteiger partial charge is 0.486 e. The number of rotatable bonds is 16. The molecule has 0 radical (unpaired) electrons. The van der Waals surface area contributed by atoms with E-state index in [0.29, 0.717) is 53.9 Å². The minimum absolute atomic E-state index is 0.201. The lowest BCUT2D eigenvalue weighted by Gasteiger charge is -2.16. The molecule has 0 aliphatic carbocycles. The quantitative estimate of drug-likeness (QED) is 0.0821. The highest BCUT2D eigenvalue weighted by Gasteiger charge is 2.32. The van der Waals surface area contributed by atoms with Crippen molar-refractivity contribution in [2.75, 3.05) is 6.61 Å². The molecule has 2 unspecified atom stereocenters. The molecular formula is C43H41N9O6S. The van der Waals surface area contributed by atoms with Gasteiger partial charge in [0.25, 0.3) is 5.24 Å². The number of imidazole rings is 2. The Morgan fingerprint density at radius 1 is 0.915 bits per heavy atom. The number of fused-ring (bicyclic) bond motifs is 1. The topological polar surface area (TPSA) is 192 Å². The predicted octanol–water partition coefficient (Wildman–Crippen LogP) is 7.40. The van der Waals surface area contributed by atoms with Crippen LogP contribution in [0.25, 0.3) is 33.5 Å². The zero-order valence-electron chi connectivity index (χ0n) is 32.6. The van der Waals surface area contributed by atoms with Gasteiger partial charge in [0.15, 0.2) is 5.69 Å². The summed E-state index contributed by atoms with van der Waals surface area (Å²) < 4.78 is 20.0. The van der Waals surface area contributed by atoms with Gasteiger partial charge in [-0.3, -0.25) is 14.9 Å². The van der Waals surface area contributed by atoms with E-state index in [4.69, 9.17) is 19.2 Å². The van der Waals surface area contributed by atoms with E-state index in [-0.39, 0.29) is 24.4 Å². The van der Waals surface area contributed by atoms with Crippen molar-refractivity contribution >= 4 is 39.9 Å². The molecular weight excluding hydrogens is 771 g/mol. The molecule has 8 rings (SSSR count). The molecule has 4 aromatic carbocycles. The Morgan fingerprint density at radius 3 is 2.39 bits per heavy atom. The van der Waals surface area contributed by atoms with Crippen LogP contribution in [0.4, 0.5) is 4.79 Å². The van der Waals surface area contributed by atoms with Crippen molar-refractivity contribution in [3.8, 4) is 34.0 Å². The highest BCUT2D eigenvalue weighted by Crippen LogP contribution is 2.32. The number of nitrogens with one attached hydrogen (secondary N) is 3. The number of amides is 2. The molecule has 2 amide bonds. The molecule has 3 aromatic heterocycles. The van der Waals surface area contributed by atoms with Crippen LogP contribution in [0, 0.1) is 0 Å². The Kier molecular flexibility index (Phi) is 11.5. The SMILES string of the molecule is CCCc1nc(C(C)Oc2ccc3nc(COc4ccc(CC5SC(=O)NC5=O)cc4)[nH]c3c2)c(C(=O)OCC)n1Cc1ccc(-c2ccccc2-c2nn[nH]n2)cc1. The van der Waals surface area contributed by atoms with Crippen molar-refractivity contribution in [1.29, 1.82) is 0 Å². The Bertz CT molecular complexity index is 2610. The van der Waals surface area contributed by atoms with Crippen LogP contribution >= 0.6 is 11.8 Å². The Labute approximate surface area is 343 Å². The summed E-state index contributed by atoms with van der Waals surface area (Å²) in [7, 11) is 0. The van der Waals surface area contributed by atoms with Gasteiger partial charge in [0.1, 0.15) is 41.6 Å². The summed E-state index contributed by atoms with van der Waals surface area (Å²) in [5.41, 5.74) is 7.12. The number of ether oxygens (including phenoxy) is 3. The molecule has 3 N–H and O–H groups in total. The van der Waals surface area contributed by atoms with Gasteiger partial charge in [-0.05, 0) is 78.4 Å². The van der Waals surface area contributed by atoms with Gasteiger partial charge in [-0.1, -0.05) is 79.3 Å². The van der Waals surface area contributed by atoms with Crippen LogP contribution in [0.5, 0.6) is 11.5 Å². The van der Waals surface area contributed by atoms with Crippen molar-refractivity contribution in [3.05, 3.63) is 125 Å². The maximum absolute atomic E-state index is 13.7. The number of benzene rings is 4. The van der Waals surface area contributed by atoms with Gasteiger partial charge in [-0.25, -0.2) is 14.8 Å². The molecule has 16 heteroatoms. The van der Waals surface area contributed by atoms with Gasteiger partial charge < -0.3 is 23.8 Å². The first-order valence-electron chi connectivity index (χ1n) is 19.3. The number of aromatic amines is 2. The fourth-order valence-electron chi connectivity index (χ4n) is 7.04. The lowest BCUT2D eigenvalue weighted by molar-refractivity contribution is -0.118. The zero-order valence-corrected chi connectivity index (χ0v) is 33.4. The number of esters is 1. The smallest absolute Gasteiger partial charge is 0.357 e. The summed E-state index contributed by atoms with van der Waals surface area (Å²) in [6, 6.07) is 29.1. The van der Waals surface area contributed by atoms with E-state index in [0.717, 1.165) is 62.9 Å². The van der Waals surface area contributed by atoms with Crippen LogP contribution in [-0.4, -0.2) is 69.1 Å². The number of H-pyrrole nitrogens is 2. The van der Waals surface area contributed by atoms with E-state index in [1.807, 2.05) is 102 Å². The average Bonchev–Trinajstić information content (AvgIpc) is 4.05.